The van der Waals surface area contributed by atoms with Crippen LogP contribution in [0.15, 0.2) is 85.1 Å². The minimum atomic E-state index is -1.82. The number of carboxylic acids is 2. The van der Waals surface area contributed by atoms with Gasteiger partial charge in [-0.2, -0.15) is 0 Å². The molecule has 168 valence electrons. The van der Waals surface area contributed by atoms with E-state index in [1.54, 1.807) is 0 Å². The SMILES string of the molecule is Cc1cccc(CNc2ncc(-c3ccc(-c4ccccc4)cc3)n2C)c1.O=C(O)C(=O)O. The Morgan fingerprint density at radius 3 is 2.06 bits per heavy atom. The summed E-state index contributed by atoms with van der Waals surface area (Å²) < 4.78 is 2.10. The Labute approximate surface area is 192 Å². The summed E-state index contributed by atoms with van der Waals surface area (Å²) >= 11 is 0. The Morgan fingerprint density at radius 1 is 0.848 bits per heavy atom. The number of rotatable bonds is 5. The Morgan fingerprint density at radius 2 is 1.45 bits per heavy atom. The first kappa shape index (κ1) is 23.3. The van der Waals surface area contributed by atoms with Gasteiger partial charge in [-0.05, 0) is 29.2 Å². The van der Waals surface area contributed by atoms with E-state index in [9.17, 15) is 0 Å². The molecule has 0 bridgehead atoms. The van der Waals surface area contributed by atoms with E-state index < -0.39 is 11.9 Å². The molecule has 0 spiro atoms. The van der Waals surface area contributed by atoms with Crippen LogP contribution in [0.25, 0.3) is 22.4 Å². The van der Waals surface area contributed by atoms with Crippen LogP contribution in [0.2, 0.25) is 0 Å². The summed E-state index contributed by atoms with van der Waals surface area (Å²) in [4.78, 5) is 22.8. The Balaban J connectivity index is 0.000000454. The molecule has 0 saturated carbocycles. The van der Waals surface area contributed by atoms with Crippen molar-refractivity contribution in [2.24, 2.45) is 7.05 Å². The third kappa shape index (κ3) is 6.30. The van der Waals surface area contributed by atoms with Crippen molar-refractivity contribution in [3.05, 3.63) is 96.2 Å². The number of anilines is 1. The largest absolute Gasteiger partial charge is 0.473 e. The summed E-state index contributed by atoms with van der Waals surface area (Å²) in [7, 11) is 2.05. The van der Waals surface area contributed by atoms with Gasteiger partial charge < -0.3 is 20.1 Å². The Bertz CT molecular complexity index is 1220. The number of carboxylic acid groups (broad SMARTS) is 2. The van der Waals surface area contributed by atoms with Gasteiger partial charge >= 0.3 is 11.9 Å². The van der Waals surface area contributed by atoms with Gasteiger partial charge in [0.1, 0.15) is 0 Å². The number of carbonyl (C=O) groups is 2. The van der Waals surface area contributed by atoms with Crippen LogP contribution in [0, 0.1) is 6.92 Å². The highest BCUT2D eigenvalue weighted by Gasteiger charge is 2.09. The number of imidazole rings is 1. The first-order valence-electron chi connectivity index (χ1n) is 10.3. The molecule has 0 aliphatic heterocycles. The minimum absolute atomic E-state index is 0.763. The molecule has 4 aromatic rings. The number of nitrogens with zero attached hydrogens (tertiary/aromatic N) is 2. The van der Waals surface area contributed by atoms with Crippen molar-refractivity contribution >= 4 is 17.9 Å². The van der Waals surface area contributed by atoms with E-state index in [1.165, 1.54) is 22.3 Å². The standard InChI is InChI=1S/C24H23N3.C2H2O4/c1-18-7-6-8-19(15-18)16-25-24-26-17-23(27(24)2)22-13-11-21(12-14-22)20-9-4-3-5-10-20;3-1(4)2(5)6/h3-15,17H,16H2,1-2H3,(H,25,26);(H,3,4)(H,5,6). The van der Waals surface area contributed by atoms with E-state index >= 15 is 0 Å². The number of aliphatic carboxylic acids is 2. The van der Waals surface area contributed by atoms with Crippen LogP contribution in [0.5, 0.6) is 0 Å². The van der Waals surface area contributed by atoms with Gasteiger partial charge in [0.05, 0.1) is 11.9 Å². The van der Waals surface area contributed by atoms with Crippen molar-refractivity contribution in [3.63, 3.8) is 0 Å². The zero-order valence-electron chi connectivity index (χ0n) is 18.4. The van der Waals surface area contributed by atoms with Gasteiger partial charge in [-0.3, -0.25) is 0 Å². The van der Waals surface area contributed by atoms with E-state index in [1.807, 2.05) is 19.3 Å². The number of nitrogens with one attached hydrogen (secondary N) is 1. The summed E-state index contributed by atoms with van der Waals surface area (Å²) in [5.41, 5.74) is 7.24. The second kappa shape index (κ2) is 10.8. The van der Waals surface area contributed by atoms with E-state index in [0.717, 1.165) is 23.8 Å². The molecule has 0 amide bonds. The quantitative estimate of drug-likeness (QED) is 0.382. The van der Waals surface area contributed by atoms with Crippen molar-refractivity contribution in [2.45, 2.75) is 13.5 Å². The molecule has 3 aromatic carbocycles. The van der Waals surface area contributed by atoms with E-state index in [2.05, 4.69) is 94.6 Å². The molecule has 1 heterocycles. The molecule has 0 saturated heterocycles. The first-order valence-corrected chi connectivity index (χ1v) is 10.3. The van der Waals surface area contributed by atoms with Crippen LogP contribution in [-0.4, -0.2) is 31.7 Å². The normalized spacial score (nSPS) is 10.1. The average Bonchev–Trinajstić information content (AvgIpc) is 3.19. The lowest BCUT2D eigenvalue weighted by atomic mass is 10.0. The molecule has 33 heavy (non-hydrogen) atoms. The maximum absolute atomic E-state index is 9.10. The van der Waals surface area contributed by atoms with Crippen LogP contribution >= 0.6 is 0 Å². The summed E-state index contributed by atoms with van der Waals surface area (Å²) in [6.45, 7) is 2.88. The lowest BCUT2D eigenvalue weighted by Crippen LogP contribution is -2.09. The fraction of sp³-hybridized carbons (Fsp3) is 0.115. The Hall–Kier alpha value is -4.39. The molecule has 0 atom stereocenters. The van der Waals surface area contributed by atoms with Gasteiger partial charge in [0.2, 0.25) is 5.95 Å². The smallest absolute Gasteiger partial charge is 0.414 e. The number of benzene rings is 3. The molecule has 0 fully saturated rings. The second-order valence-corrected chi connectivity index (χ2v) is 7.42. The molecule has 7 heteroatoms. The molecule has 0 aliphatic rings. The van der Waals surface area contributed by atoms with Crippen LogP contribution in [-0.2, 0) is 23.2 Å². The maximum Gasteiger partial charge on any atom is 0.414 e. The molecular weight excluding hydrogens is 418 g/mol. The van der Waals surface area contributed by atoms with Crippen LogP contribution < -0.4 is 5.32 Å². The molecule has 0 radical (unpaired) electrons. The van der Waals surface area contributed by atoms with Crippen molar-refractivity contribution in [1.82, 2.24) is 9.55 Å². The zero-order chi connectivity index (χ0) is 23.8. The summed E-state index contributed by atoms with van der Waals surface area (Å²) in [6, 6.07) is 27.6. The molecule has 4 rings (SSSR count). The van der Waals surface area contributed by atoms with Gasteiger partial charge in [-0.15, -0.1) is 0 Å². The van der Waals surface area contributed by atoms with Crippen LogP contribution in [0.4, 0.5) is 5.95 Å². The lowest BCUT2D eigenvalue weighted by Gasteiger charge is -2.09. The van der Waals surface area contributed by atoms with Gasteiger partial charge in [0, 0.05) is 13.6 Å². The summed E-state index contributed by atoms with van der Waals surface area (Å²) in [5.74, 6) is -2.77. The average molecular weight is 444 g/mol. The molecule has 3 N–H and O–H groups in total. The van der Waals surface area contributed by atoms with Gasteiger partial charge in [-0.25, -0.2) is 14.6 Å². The van der Waals surface area contributed by atoms with Crippen molar-refractivity contribution < 1.29 is 19.8 Å². The number of aromatic nitrogens is 2. The topological polar surface area (TPSA) is 104 Å². The molecule has 0 unspecified atom stereocenters. The fourth-order valence-corrected chi connectivity index (χ4v) is 3.31. The second-order valence-electron chi connectivity index (χ2n) is 7.42. The highest BCUT2D eigenvalue weighted by atomic mass is 16.4. The molecule has 1 aromatic heterocycles. The monoisotopic (exact) mass is 443 g/mol. The van der Waals surface area contributed by atoms with E-state index in [-0.39, 0.29) is 0 Å². The van der Waals surface area contributed by atoms with Crippen LogP contribution in [0.3, 0.4) is 0 Å². The third-order valence-corrected chi connectivity index (χ3v) is 4.99. The molecule has 7 nitrogen and oxygen atoms in total. The van der Waals surface area contributed by atoms with Crippen molar-refractivity contribution in [3.8, 4) is 22.4 Å². The Kier molecular flexibility index (Phi) is 7.60. The summed E-state index contributed by atoms with van der Waals surface area (Å²) in [6.07, 6.45) is 1.93. The van der Waals surface area contributed by atoms with Crippen LogP contribution in [0.1, 0.15) is 11.1 Å². The highest BCUT2D eigenvalue weighted by Crippen LogP contribution is 2.26. The maximum atomic E-state index is 9.10. The number of hydrogen-bond donors (Lipinski definition) is 3. The van der Waals surface area contributed by atoms with Crippen molar-refractivity contribution in [1.29, 1.82) is 0 Å². The number of hydrogen-bond acceptors (Lipinski definition) is 4. The summed E-state index contributed by atoms with van der Waals surface area (Å²) in [5, 5.41) is 18.2. The molecular formula is C26H25N3O4. The predicted octanol–water partition coefficient (Wildman–Crippen LogP) is 4.83. The molecule has 0 aliphatic carbocycles. The predicted molar refractivity (Wildman–Crippen MR) is 128 cm³/mol. The van der Waals surface area contributed by atoms with Crippen molar-refractivity contribution in [2.75, 3.05) is 5.32 Å². The number of aryl methyl sites for hydroxylation is 1. The third-order valence-electron chi connectivity index (χ3n) is 4.99. The van der Waals surface area contributed by atoms with E-state index in [4.69, 9.17) is 19.8 Å². The fourth-order valence-electron chi connectivity index (χ4n) is 3.31. The van der Waals surface area contributed by atoms with Gasteiger partial charge in [-0.1, -0.05) is 84.4 Å². The lowest BCUT2D eigenvalue weighted by molar-refractivity contribution is -0.159. The zero-order valence-corrected chi connectivity index (χ0v) is 18.4. The van der Waals surface area contributed by atoms with Gasteiger partial charge in [0.15, 0.2) is 0 Å². The van der Waals surface area contributed by atoms with E-state index in [0.29, 0.717) is 0 Å². The highest BCUT2D eigenvalue weighted by molar-refractivity contribution is 6.27. The minimum Gasteiger partial charge on any atom is -0.473 e. The first-order chi connectivity index (χ1) is 15.8. The van der Waals surface area contributed by atoms with Gasteiger partial charge in [0.25, 0.3) is 0 Å².